The summed E-state index contributed by atoms with van der Waals surface area (Å²) in [5, 5.41) is 4.48. The number of amides is 2. The molecule has 0 bridgehead atoms. The van der Waals surface area contributed by atoms with E-state index in [0.717, 1.165) is 16.0 Å². The van der Waals surface area contributed by atoms with Crippen LogP contribution in [-0.2, 0) is 29.1 Å². The summed E-state index contributed by atoms with van der Waals surface area (Å²) in [4.78, 5) is 46.6. The first-order valence-electron chi connectivity index (χ1n) is 11.4. The summed E-state index contributed by atoms with van der Waals surface area (Å²) in [7, 11) is 0. The van der Waals surface area contributed by atoms with E-state index in [2.05, 4.69) is 5.32 Å². The predicted octanol–water partition coefficient (Wildman–Crippen LogP) is 4.80. The van der Waals surface area contributed by atoms with Crippen LogP contribution in [0.15, 0.2) is 64.5 Å². The van der Waals surface area contributed by atoms with E-state index < -0.39 is 0 Å². The number of thiophene rings is 1. The smallest absolute Gasteiger partial charge is 0.263 e. The van der Waals surface area contributed by atoms with Crippen molar-refractivity contribution in [1.82, 2.24) is 14.5 Å². The predicted molar refractivity (Wildman–Crippen MR) is 145 cm³/mol. The molecule has 0 saturated carbocycles. The van der Waals surface area contributed by atoms with Crippen LogP contribution in [0.25, 0.3) is 10.2 Å². The van der Waals surface area contributed by atoms with Gasteiger partial charge in [0.05, 0.1) is 24.2 Å². The van der Waals surface area contributed by atoms with Gasteiger partial charge in [0.2, 0.25) is 11.8 Å². The summed E-state index contributed by atoms with van der Waals surface area (Å²) in [5.41, 5.74) is 2.45. The van der Waals surface area contributed by atoms with Crippen LogP contribution in [0.5, 0.6) is 0 Å². The number of anilines is 1. The Labute approximate surface area is 221 Å². The number of hydrogen-bond donors (Lipinski definition) is 1. The van der Waals surface area contributed by atoms with Crippen molar-refractivity contribution in [3.05, 3.63) is 86.0 Å². The van der Waals surface area contributed by atoms with Crippen molar-refractivity contribution in [2.45, 2.75) is 31.6 Å². The van der Waals surface area contributed by atoms with E-state index in [-0.39, 0.29) is 23.1 Å². The molecule has 2 aromatic heterocycles. The van der Waals surface area contributed by atoms with Crippen molar-refractivity contribution in [2.24, 2.45) is 0 Å². The van der Waals surface area contributed by atoms with Gasteiger partial charge in [0.1, 0.15) is 4.83 Å². The number of carbonyl (C=O) groups is 2. The molecule has 36 heavy (non-hydrogen) atoms. The fourth-order valence-corrected chi connectivity index (χ4v) is 6.50. The SMILES string of the molecule is CC(=O)N1CCc2c(sc3nc(SCC(=O)Nc4cccc(Cl)c4)n(Cc4ccccc4)c(=O)c23)C1. The van der Waals surface area contributed by atoms with Crippen LogP contribution in [0.1, 0.15) is 22.9 Å². The van der Waals surface area contributed by atoms with Crippen molar-refractivity contribution in [2.75, 3.05) is 17.6 Å². The summed E-state index contributed by atoms with van der Waals surface area (Å²) in [6.45, 7) is 3.00. The Morgan fingerprint density at radius 2 is 1.97 bits per heavy atom. The molecule has 10 heteroatoms. The van der Waals surface area contributed by atoms with Crippen LogP contribution in [0.4, 0.5) is 5.69 Å². The normalized spacial score (nSPS) is 13.0. The standard InChI is InChI=1S/C26H23ClN4O3S2/c1-16(32)30-11-10-20-21(14-30)36-24-23(20)25(34)31(13-17-6-3-2-4-7-17)26(29-24)35-15-22(33)28-19-9-5-8-18(27)12-19/h2-9,12H,10-11,13-15H2,1H3,(H,28,33). The molecule has 1 aliphatic heterocycles. The molecule has 0 aliphatic carbocycles. The maximum atomic E-state index is 13.8. The largest absolute Gasteiger partial charge is 0.337 e. The molecule has 0 spiro atoms. The van der Waals surface area contributed by atoms with E-state index in [1.54, 1.807) is 40.7 Å². The number of halogens is 1. The number of nitrogens with zero attached hydrogens (tertiary/aromatic N) is 3. The number of rotatable bonds is 6. The average Bonchev–Trinajstić information content (AvgIpc) is 3.23. The second-order valence-corrected chi connectivity index (χ2v) is 11.0. The molecular formula is C26H23ClN4O3S2. The van der Waals surface area contributed by atoms with Crippen molar-refractivity contribution < 1.29 is 9.59 Å². The Morgan fingerprint density at radius 3 is 2.72 bits per heavy atom. The lowest BCUT2D eigenvalue weighted by atomic mass is 10.1. The van der Waals surface area contributed by atoms with Gasteiger partial charge in [0, 0.05) is 29.1 Å². The Bertz CT molecular complexity index is 1520. The molecule has 4 aromatic rings. The fourth-order valence-electron chi connectivity index (χ4n) is 4.24. The zero-order chi connectivity index (χ0) is 25.2. The zero-order valence-electron chi connectivity index (χ0n) is 19.5. The summed E-state index contributed by atoms with van der Waals surface area (Å²) in [6, 6.07) is 16.7. The molecule has 3 heterocycles. The Hall–Kier alpha value is -3.14. The highest BCUT2D eigenvalue weighted by Gasteiger charge is 2.26. The quantitative estimate of drug-likeness (QED) is 0.282. The summed E-state index contributed by atoms with van der Waals surface area (Å²) < 4.78 is 1.65. The highest BCUT2D eigenvalue weighted by Crippen LogP contribution is 2.34. The lowest BCUT2D eigenvalue weighted by Gasteiger charge is -2.25. The minimum atomic E-state index is -0.217. The molecule has 184 valence electrons. The fraction of sp³-hybridized carbons (Fsp3) is 0.231. The number of thioether (sulfide) groups is 1. The molecule has 0 fully saturated rings. The van der Waals surface area contributed by atoms with Crippen molar-refractivity contribution >= 4 is 62.4 Å². The third-order valence-electron chi connectivity index (χ3n) is 5.99. The first-order chi connectivity index (χ1) is 17.4. The van der Waals surface area contributed by atoms with Crippen molar-refractivity contribution in [3.63, 3.8) is 0 Å². The topological polar surface area (TPSA) is 84.3 Å². The minimum absolute atomic E-state index is 0.0227. The molecule has 7 nitrogen and oxygen atoms in total. The van der Waals surface area contributed by atoms with Gasteiger partial charge in [-0.3, -0.25) is 19.0 Å². The highest BCUT2D eigenvalue weighted by molar-refractivity contribution is 7.99. The molecule has 0 radical (unpaired) electrons. The van der Waals surface area contributed by atoms with Crippen LogP contribution in [-0.4, -0.2) is 38.6 Å². The van der Waals surface area contributed by atoms with Crippen LogP contribution in [0.3, 0.4) is 0 Å². The van der Waals surface area contributed by atoms with Gasteiger partial charge in [-0.25, -0.2) is 4.98 Å². The molecule has 0 unspecified atom stereocenters. The van der Waals surface area contributed by atoms with Crippen molar-refractivity contribution in [3.8, 4) is 0 Å². The molecule has 1 aliphatic rings. The first-order valence-corrected chi connectivity index (χ1v) is 13.6. The monoisotopic (exact) mass is 538 g/mol. The number of aromatic nitrogens is 2. The lowest BCUT2D eigenvalue weighted by Crippen LogP contribution is -2.34. The van der Waals surface area contributed by atoms with Gasteiger partial charge in [0.25, 0.3) is 5.56 Å². The number of benzene rings is 2. The summed E-state index contributed by atoms with van der Waals surface area (Å²) in [5.74, 6) is -0.109. The van der Waals surface area contributed by atoms with Gasteiger partial charge in [-0.2, -0.15) is 0 Å². The van der Waals surface area contributed by atoms with Crippen LogP contribution < -0.4 is 10.9 Å². The molecule has 0 saturated heterocycles. The average molecular weight is 539 g/mol. The van der Waals surface area contributed by atoms with Gasteiger partial charge in [0.15, 0.2) is 5.16 Å². The zero-order valence-corrected chi connectivity index (χ0v) is 21.9. The molecule has 1 N–H and O–H groups in total. The Kier molecular flexibility index (Phi) is 7.13. The number of nitrogens with one attached hydrogen (secondary N) is 1. The van der Waals surface area contributed by atoms with E-state index in [0.29, 0.717) is 52.1 Å². The van der Waals surface area contributed by atoms with Gasteiger partial charge in [-0.1, -0.05) is 59.8 Å². The number of hydrogen-bond acceptors (Lipinski definition) is 6. The van der Waals surface area contributed by atoms with E-state index in [4.69, 9.17) is 16.6 Å². The molecule has 2 aromatic carbocycles. The Balaban J connectivity index is 1.48. The van der Waals surface area contributed by atoms with Gasteiger partial charge in [-0.05, 0) is 35.7 Å². The van der Waals surface area contributed by atoms with E-state index in [9.17, 15) is 14.4 Å². The minimum Gasteiger partial charge on any atom is -0.337 e. The highest BCUT2D eigenvalue weighted by atomic mass is 35.5. The van der Waals surface area contributed by atoms with Gasteiger partial charge < -0.3 is 10.2 Å². The van der Waals surface area contributed by atoms with Gasteiger partial charge in [-0.15, -0.1) is 11.3 Å². The van der Waals surface area contributed by atoms with Crippen molar-refractivity contribution in [1.29, 1.82) is 0 Å². The number of carbonyl (C=O) groups excluding carboxylic acids is 2. The van der Waals surface area contributed by atoms with E-state index >= 15 is 0 Å². The van der Waals surface area contributed by atoms with Gasteiger partial charge >= 0.3 is 0 Å². The molecule has 0 atom stereocenters. The maximum absolute atomic E-state index is 13.8. The summed E-state index contributed by atoms with van der Waals surface area (Å²) in [6.07, 6.45) is 0.631. The third-order valence-corrected chi connectivity index (χ3v) is 8.32. The van der Waals surface area contributed by atoms with Crippen LogP contribution in [0.2, 0.25) is 5.02 Å². The molecule has 5 rings (SSSR count). The second kappa shape index (κ2) is 10.5. The Morgan fingerprint density at radius 1 is 1.17 bits per heavy atom. The second-order valence-electron chi connectivity index (χ2n) is 8.49. The third kappa shape index (κ3) is 5.18. The first kappa shape index (κ1) is 24.5. The van der Waals surface area contributed by atoms with Crippen LogP contribution >= 0.6 is 34.7 Å². The molecular weight excluding hydrogens is 516 g/mol. The van der Waals surface area contributed by atoms with E-state index in [1.807, 2.05) is 30.3 Å². The summed E-state index contributed by atoms with van der Waals surface area (Å²) >= 11 is 8.70. The molecule has 2 amide bonds. The maximum Gasteiger partial charge on any atom is 0.263 e. The van der Waals surface area contributed by atoms with Crippen LogP contribution in [0, 0.1) is 0 Å². The van der Waals surface area contributed by atoms with E-state index in [1.165, 1.54) is 23.1 Å². The lowest BCUT2D eigenvalue weighted by molar-refractivity contribution is -0.129. The number of fused-ring (bicyclic) bond motifs is 3.